The van der Waals surface area contributed by atoms with E-state index in [1.807, 2.05) is 24.5 Å². The van der Waals surface area contributed by atoms with Crippen LogP contribution in [0.15, 0.2) is 46.6 Å². The van der Waals surface area contributed by atoms with Gasteiger partial charge in [0.2, 0.25) is 10.0 Å². The number of aryl methyl sites for hydroxylation is 3. The maximum absolute atomic E-state index is 13.1. The van der Waals surface area contributed by atoms with Crippen LogP contribution in [0.3, 0.4) is 0 Å². The molecule has 0 aliphatic rings. The fourth-order valence-electron chi connectivity index (χ4n) is 3.70. The van der Waals surface area contributed by atoms with Crippen molar-refractivity contribution >= 4 is 49.1 Å². The van der Waals surface area contributed by atoms with Crippen LogP contribution in [0.2, 0.25) is 0 Å². The van der Waals surface area contributed by atoms with Crippen molar-refractivity contribution in [3.05, 3.63) is 64.1 Å². The highest BCUT2D eigenvalue weighted by atomic mass is 32.2. The number of nitrogens with two attached hydrogens (primary N) is 1. The van der Waals surface area contributed by atoms with Crippen molar-refractivity contribution in [2.24, 2.45) is 5.14 Å². The van der Waals surface area contributed by atoms with Crippen molar-refractivity contribution in [3.8, 4) is 5.69 Å². The lowest BCUT2D eigenvalue weighted by molar-refractivity contribution is 0.102. The first-order valence-corrected chi connectivity index (χ1v) is 13.1. The molecule has 0 atom stereocenters. The molecule has 0 aliphatic carbocycles. The van der Waals surface area contributed by atoms with E-state index in [1.54, 1.807) is 29.8 Å². The summed E-state index contributed by atoms with van der Waals surface area (Å²) in [4.78, 5) is 24.0. The number of primary sulfonamides is 1. The average Bonchev–Trinajstić information content (AvgIpc) is 3.21. The number of thiophene rings is 1. The van der Waals surface area contributed by atoms with Crippen LogP contribution in [0.5, 0.6) is 0 Å². The van der Waals surface area contributed by atoms with Crippen molar-refractivity contribution in [1.82, 2.24) is 14.5 Å². The van der Waals surface area contributed by atoms with Crippen LogP contribution < -0.4 is 5.14 Å². The summed E-state index contributed by atoms with van der Waals surface area (Å²) >= 11 is 3.05. The highest BCUT2D eigenvalue weighted by Crippen LogP contribution is 2.35. The van der Waals surface area contributed by atoms with Crippen LogP contribution in [0.4, 0.5) is 0 Å². The van der Waals surface area contributed by atoms with Crippen LogP contribution >= 0.6 is 23.1 Å². The fourth-order valence-corrected chi connectivity index (χ4v) is 6.21. The second-order valence-corrected chi connectivity index (χ2v) is 11.2. The average molecular weight is 487 g/mol. The normalized spacial score (nSPS) is 11.9. The van der Waals surface area contributed by atoms with E-state index < -0.39 is 10.0 Å². The first kappa shape index (κ1) is 22.7. The number of fused-ring (bicyclic) bond motifs is 1. The van der Waals surface area contributed by atoms with E-state index in [1.165, 1.54) is 28.8 Å². The summed E-state index contributed by atoms with van der Waals surface area (Å²) in [6.45, 7) is 7.91. The topological polar surface area (TPSA) is 108 Å². The molecule has 7 nitrogen and oxygen atoms in total. The summed E-state index contributed by atoms with van der Waals surface area (Å²) in [5.41, 5.74) is 4.23. The van der Waals surface area contributed by atoms with Crippen LogP contribution in [0.1, 0.15) is 32.2 Å². The van der Waals surface area contributed by atoms with Crippen molar-refractivity contribution in [1.29, 1.82) is 0 Å². The van der Waals surface area contributed by atoms with Gasteiger partial charge in [-0.25, -0.2) is 23.5 Å². The number of carbonyl (C=O) groups excluding carboxylic acids is 1. The van der Waals surface area contributed by atoms with Crippen LogP contribution in [-0.2, 0) is 10.0 Å². The number of benzene rings is 1. The standard InChI is InChI=1S/C22H22N4O3S3/c1-12-9-18(14(3)26(12)16-5-7-17(8-6-16)32(23,28)29)19(27)10-30-21-20-13(2)15(4)31-22(20)25-11-24-21/h5-9,11H,10H2,1-4H3,(H2,23,28,29). The molecule has 0 aliphatic heterocycles. The Labute approximate surface area is 194 Å². The van der Waals surface area contributed by atoms with Gasteiger partial charge in [0.25, 0.3) is 0 Å². The van der Waals surface area contributed by atoms with Crippen molar-refractivity contribution in [2.45, 2.75) is 37.6 Å². The zero-order valence-electron chi connectivity index (χ0n) is 18.0. The minimum absolute atomic E-state index is 0.00636. The highest BCUT2D eigenvalue weighted by Gasteiger charge is 2.19. The Balaban J connectivity index is 1.60. The molecule has 0 fully saturated rings. The maximum Gasteiger partial charge on any atom is 0.238 e. The minimum Gasteiger partial charge on any atom is -0.318 e. The van der Waals surface area contributed by atoms with Gasteiger partial charge in [0.1, 0.15) is 16.2 Å². The molecule has 4 rings (SSSR count). The van der Waals surface area contributed by atoms with Gasteiger partial charge in [0, 0.05) is 32.9 Å². The quantitative estimate of drug-likeness (QED) is 0.247. The number of Topliss-reactive ketones (excluding diaryl/α,β-unsaturated/α-hetero) is 1. The maximum atomic E-state index is 13.1. The molecular formula is C22H22N4O3S3. The van der Waals surface area contributed by atoms with Gasteiger partial charge in [-0.15, -0.1) is 11.3 Å². The molecule has 0 amide bonds. The van der Waals surface area contributed by atoms with E-state index in [2.05, 4.69) is 23.8 Å². The summed E-state index contributed by atoms with van der Waals surface area (Å²) < 4.78 is 25.0. The molecular weight excluding hydrogens is 464 g/mol. The number of sulfonamides is 1. The summed E-state index contributed by atoms with van der Waals surface area (Å²) in [6, 6.07) is 8.16. The number of carbonyl (C=O) groups is 1. The molecule has 1 aromatic carbocycles. The minimum atomic E-state index is -3.76. The first-order valence-electron chi connectivity index (χ1n) is 9.77. The number of nitrogens with zero attached hydrogens (tertiary/aromatic N) is 3. The number of hydrogen-bond donors (Lipinski definition) is 1. The number of thioether (sulfide) groups is 1. The first-order chi connectivity index (χ1) is 15.1. The van der Waals surface area contributed by atoms with Gasteiger partial charge in [0.15, 0.2) is 5.78 Å². The Kier molecular flexibility index (Phi) is 5.97. The molecule has 0 unspecified atom stereocenters. The van der Waals surface area contributed by atoms with Crippen LogP contribution in [0.25, 0.3) is 15.9 Å². The second-order valence-electron chi connectivity index (χ2n) is 7.51. The molecule has 3 heterocycles. The molecule has 0 spiro atoms. The molecule has 32 heavy (non-hydrogen) atoms. The van der Waals surface area contributed by atoms with E-state index in [9.17, 15) is 13.2 Å². The third kappa shape index (κ3) is 4.11. The monoisotopic (exact) mass is 486 g/mol. The number of hydrogen-bond acceptors (Lipinski definition) is 7. The lowest BCUT2D eigenvalue weighted by Crippen LogP contribution is -2.12. The predicted molar refractivity (Wildman–Crippen MR) is 129 cm³/mol. The highest BCUT2D eigenvalue weighted by molar-refractivity contribution is 8.00. The SMILES string of the molecule is Cc1sc2ncnc(SCC(=O)c3cc(C)n(-c4ccc(S(N)(=O)=O)cc4)c3C)c2c1C. The zero-order valence-corrected chi connectivity index (χ0v) is 20.5. The third-order valence-electron chi connectivity index (χ3n) is 5.43. The van der Waals surface area contributed by atoms with Gasteiger partial charge in [-0.3, -0.25) is 4.79 Å². The van der Waals surface area contributed by atoms with Crippen molar-refractivity contribution in [3.63, 3.8) is 0 Å². The van der Waals surface area contributed by atoms with Crippen molar-refractivity contribution < 1.29 is 13.2 Å². The Morgan fingerprint density at radius 2 is 1.81 bits per heavy atom. The summed E-state index contributed by atoms with van der Waals surface area (Å²) in [6.07, 6.45) is 1.54. The number of aromatic nitrogens is 3. The van der Waals surface area contributed by atoms with E-state index in [0.717, 1.165) is 37.9 Å². The van der Waals surface area contributed by atoms with Crippen LogP contribution in [-0.4, -0.2) is 34.5 Å². The Morgan fingerprint density at radius 1 is 1.12 bits per heavy atom. The molecule has 0 bridgehead atoms. The number of ketones is 1. The molecule has 0 saturated carbocycles. The van der Waals surface area contributed by atoms with E-state index in [0.29, 0.717) is 5.56 Å². The Bertz CT molecular complexity index is 1450. The van der Waals surface area contributed by atoms with Gasteiger partial charge in [0.05, 0.1) is 10.6 Å². The lowest BCUT2D eigenvalue weighted by atomic mass is 10.2. The van der Waals surface area contributed by atoms with Gasteiger partial charge < -0.3 is 4.57 Å². The van der Waals surface area contributed by atoms with E-state index >= 15 is 0 Å². The predicted octanol–water partition coefficient (Wildman–Crippen LogP) is 4.34. The Morgan fingerprint density at radius 3 is 2.47 bits per heavy atom. The Hall–Kier alpha value is -2.53. The largest absolute Gasteiger partial charge is 0.318 e. The van der Waals surface area contributed by atoms with E-state index in [4.69, 9.17) is 5.14 Å². The van der Waals surface area contributed by atoms with Gasteiger partial charge in [-0.05, 0) is 63.6 Å². The lowest BCUT2D eigenvalue weighted by Gasteiger charge is -2.10. The molecule has 166 valence electrons. The summed E-state index contributed by atoms with van der Waals surface area (Å²) in [5.74, 6) is 0.265. The second kappa shape index (κ2) is 8.43. The fraction of sp³-hybridized carbons (Fsp3) is 0.227. The molecule has 3 aromatic heterocycles. The van der Waals surface area contributed by atoms with Crippen LogP contribution in [0, 0.1) is 27.7 Å². The van der Waals surface area contributed by atoms with E-state index in [-0.39, 0.29) is 16.4 Å². The third-order valence-corrected chi connectivity index (χ3v) is 8.46. The molecule has 0 saturated heterocycles. The molecule has 2 N–H and O–H groups in total. The van der Waals surface area contributed by atoms with Crippen molar-refractivity contribution in [2.75, 3.05) is 5.75 Å². The van der Waals surface area contributed by atoms with Gasteiger partial charge in [-0.2, -0.15) is 0 Å². The summed E-state index contributed by atoms with van der Waals surface area (Å²) in [7, 11) is -3.76. The zero-order chi connectivity index (χ0) is 23.2. The summed E-state index contributed by atoms with van der Waals surface area (Å²) in [5, 5.41) is 7.02. The van der Waals surface area contributed by atoms with Gasteiger partial charge in [-0.1, -0.05) is 11.8 Å². The van der Waals surface area contributed by atoms with Gasteiger partial charge >= 0.3 is 0 Å². The number of rotatable bonds is 6. The smallest absolute Gasteiger partial charge is 0.238 e. The molecule has 4 aromatic rings. The molecule has 10 heteroatoms. The molecule has 0 radical (unpaired) electrons.